The van der Waals surface area contributed by atoms with E-state index in [2.05, 4.69) is 0 Å². The highest BCUT2D eigenvalue weighted by Gasteiger charge is 2.31. The number of aryl methyl sites for hydroxylation is 1. The van der Waals surface area contributed by atoms with E-state index in [9.17, 15) is 23.6 Å². The normalized spacial score (nSPS) is 20.4. The number of β-amino-alcohol motifs (C(OH)–C–C–N with tert-alkyl or cyclic N) is 1. The number of aliphatic hydroxyl groups excluding tert-OH is 1. The van der Waals surface area contributed by atoms with Gasteiger partial charge in [-0.2, -0.15) is 4.31 Å². The van der Waals surface area contributed by atoms with Crippen LogP contribution in [0.15, 0.2) is 17.0 Å². The molecule has 1 heterocycles. The van der Waals surface area contributed by atoms with E-state index in [0.29, 0.717) is 30.5 Å². The van der Waals surface area contributed by atoms with E-state index in [4.69, 9.17) is 0 Å². The van der Waals surface area contributed by atoms with Gasteiger partial charge in [-0.25, -0.2) is 8.42 Å². The largest absolute Gasteiger partial charge is 0.392 e. The average Bonchev–Trinajstić information content (AvgIpc) is 2.41. The molecule has 1 aliphatic rings. The van der Waals surface area contributed by atoms with E-state index in [1.807, 2.05) is 0 Å². The molecular weight excluding hydrogens is 296 g/mol. The maximum atomic E-state index is 12.6. The quantitative estimate of drug-likeness (QED) is 0.670. The molecule has 2 rings (SSSR count). The van der Waals surface area contributed by atoms with E-state index in [1.54, 1.807) is 13.8 Å². The zero-order chi connectivity index (χ0) is 15.8. The standard InChI is InChI=1S/C13H18N2O5S/c1-9-6-12(7-13(10(9)2)15(17)18)21(19,20)14-5-3-4-11(16)8-14/h6-7,11,16H,3-5,8H2,1-2H3. The second kappa shape index (κ2) is 5.70. The molecule has 8 heteroatoms. The Kier molecular flexibility index (Phi) is 4.31. The predicted molar refractivity (Wildman–Crippen MR) is 76.6 cm³/mol. The van der Waals surface area contributed by atoms with Gasteiger partial charge in [-0.15, -0.1) is 0 Å². The number of nitrogens with zero attached hydrogens (tertiary/aromatic N) is 2. The van der Waals surface area contributed by atoms with Crippen molar-refractivity contribution in [2.45, 2.75) is 37.7 Å². The number of nitro benzene ring substituents is 1. The molecule has 0 aromatic heterocycles. The summed E-state index contributed by atoms with van der Waals surface area (Å²) >= 11 is 0. The van der Waals surface area contributed by atoms with E-state index in [-0.39, 0.29) is 17.1 Å². The first kappa shape index (κ1) is 15.9. The summed E-state index contributed by atoms with van der Waals surface area (Å²) in [6.07, 6.45) is 0.460. The number of rotatable bonds is 3. The Hall–Kier alpha value is -1.51. The van der Waals surface area contributed by atoms with Gasteiger partial charge in [0.1, 0.15) is 0 Å². The van der Waals surface area contributed by atoms with Crippen LogP contribution in [0, 0.1) is 24.0 Å². The first-order valence-corrected chi connectivity index (χ1v) is 8.11. The SMILES string of the molecule is Cc1cc(S(=O)(=O)N2CCCC(O)C2)cc([N+](=O)[O-])c1C. The molecule has 1 fully saturated rings. The van der Waals surface area contributed by atoms with Crippen molar-refractivity contribution in [1.82, 2.24) is 4.31 Å². The minimum atomic E-state index is -3.82. The summed E-state index contributed by atoms with van der Waals surface area (Å²) in [4.78, 5) is 10.4. The predicted octanol–water partition coefficient (Wildman–Crippen LogP) is 1.36. The van der Waals surface area contributed by atoms with Crippen molar-refractivity contribution in [3.8, 4) is 0 Å². The van der Waals surface area contributed by atoms with Crippen LogP contribution in [0.3, 0.4) is 0 Å². The minimum Gasteiger partial charge on any atom is -0.392 e. The van der Waals surface area contributed by atoms with Crippen LogP contribution >= 0.6 is 0 Å². The molecule has 1 N–H and O–H groups in total. The molecule has 1 aromatic rings. The van der Waals surface area contributed by atoms with Crippen LogP contribution in [0.1, 0.15) is 24.0 Å². The molecule has 1 atom stereocenters. The number of aliphatic hydroxyl groups is 1. The molecule has 0 bridgehead atoms. The molecule has 1 unspecified atom stereocenters. The Morgan fingerprint density at radius 3 is 2.62 bits per heavy atom. The van der Waals surface area contributed by atoms with E-state index < -0.39 is 21.1 Å². The Balaban J connectivity index is 2.47. The lowest BCUT2D eigenvalue weighted by Crippen LogP contribution is -2.42. The zero-order valence-corrected chi connectivity index (χ0v) is 12.8. The fraction of sp³-hybridized carbons (Fsp3) is 0.538. The van der Waals surface area contributed by atoms with Gasteiger partial charge in [0.05, 0.1) is 15.9 Å². The Labute approximate surface area is 123 Å². The highest BCUT2D eigenvalue weighted by molar-refractivity contribution is 7.89. The lowest BCUT2D eigenvalue weighted by molar-refractivity contribution is -0.385. The highest BCUT2D eigenvalue weighted by atomic mass is 32.2. The first-order valence-electron chi connectivity index (χ1n) is 6.67. The number of hydrogen-bond donors (Lipinski definition) is 1. The third kappa shape index (κ3) is 3.07. The molecule has 0 amide bonds. The van der Waals surface area contributed by atoms with E-state index in [0.717, 1.165) is 6.07 Å². The van der Waals surface area contributed by atoms with Crippen LogP contribution in [0.2, 0.25) is 0 Å². The number of sulfonamides is 1. The summed E-state index contributed by atoms with van der Waals surface area (Å²) in [7, 11) is -3.82. The maximum absolute atomic E-state index is 12.6. The Morgan fingerprint density at radius 1 is 1.38 bits per heavy atom. The number of benzene rings is 1. The molecule has 0 aliphatic carbocycles. The van der Waals surface area contributed by atoms with Crippen molar-refractivity contribution in [3.63, 3.8) is 0 Å². The number of nitro groups is 1. The van der Waals surface area contributed by atoms with Crippen LogP contribution in [0.4, 0.5) is 5.69 Å². The van der Waals surface area contributed by atoms with Gasteiger partial charge in [-0.1, -0.05) is 0 Å². The molecule has 1 aliphatic heterocycles. The van der Waals surface area contributed by atoms with Crippen molar-refractivity contribution in [3.05, 3.63) is 33.4 Å². The van der Waals surface area contributed by atoms with Gasteiger partial charge in [0, 0.05) is 24.7 Å². The monoisotopic (exact) mass is 314 g/mol. The van der Waals surface area contributed by atoms with Crippen molar-refractivity contribution in [2.75, 3.05) is 13.1 Å². The lowest BCUT2D eigenvalue weighted by Gasteiger charge is -2.29. The van der Waals surface area contributed by atoms with Gasteiger partial charge in [0.15, 0.2) is 0 Å². The van der Waals surface area contributed by atoms with Crippen LogP contribution in [-0.4, -0.2) is 41.9 Å². The molecule has 7 nitrogen and oxygen atoms in total. The fourth-order valence-corrected chi connectivity index (χ4v) is 4.06. The van der Waals surface area contributed by atoms with Crippen LogP contribution in [0.5, 0.6) is 0 Å². The fourth-order valence-electron chi connectivity index (χ4n) is 2.44. The average molecular weight is 314 g/mol. The lowest BCUT2D eigenvalue weighted by atomic mass is 10.1. The first-order chi connectivity index (χ1) is 9.73. The summed E-state index contributed by atoms with van der Waals surface area (Å²) in [6, 6.07) is 2.54. The zero-order valence-electron chi connectivity index (χ0n) is 11.9. The van der Waals surface area contributed by atoms with E-state index >= 15 is 0 Å². The minimum absolute atomic E-state index is 0.0308. The van der Waals surface area contributed by atoms with Gasteiger partial charge in [-0.3, -0.25) is 10.1 Å². The third-order valence-electron chi connectivity index (χ3n) is 3.81. The van der Waals surface area contributed by atoms with Crippen molar-refractivity contribution in [1.29, 1.82) is 0 Å². The van der Waals surface area contributed by atoms with Crippen molar-refractivity contribution >= 4 is 15.7 Å². The van der Waals surface area contributed by atoms with Gasteiger partial charge in [0.2, 0.25) is 10.0 Å². The summed E-state index contributed by atoms with van der Waals surface area (Å²) < 4.78 is 26.3. The topological polar surface area (TPSA) is 101 Å². The van der Waals surface area contributed by atoms with Gasteiger partial charge < -0.3 is 5.11 Å². The van der Waals surface area contributed by atoms with Crippen LogP contribution in [0.25, 0.3) is 0 Å². The van der Waals surface area contributed by atoms with Crippen LogP contribution < -0.4 is 0 Å². The molecular formula is C13H18N2O5S. The van der Waals surface area contributed by atoms with Gasteiger partial charge in [0.25, 0.3) is 5.69 Å². The maximum Gasteiger partial charge on any atom is 0.273 e. The summed E-state index contributed by atoms with van der Waals surface area (Å²) in [5.74, 6) is 0. The number of piperidine rings is 1. The molecule has 0 saturated carbocycles. The second-order valence-corrected chi connectivity index (χ2v) is 7.24. The Morgan fingerprint density at radius 2 is 2.05 bits per heavy atom. The van der Waals surface area contributed by atoms with Crippen molar-refractivity contribution in [2.24, 2.45) is 0 Å². The molecule has 1 saturated heterocycles. The summed E-state index contributed by atoms with van der Waals surface area (Å²) in [5, 5.41) is 20.7. The molecule has 116 valence electrons. The highest BCUT2D eigenvalue weighted by Crippen LogP contribution is 2.28. The van der Waals surface area contributed by atoms with Gasteiger partial charge in [-0.05, 0) is 38.3 Å². The molecule has 0 radical (unpaired) electrons. The summed E-state index contributed by atoms with van der Waals surface area (Å²) in [5.41, 5.74) is 0.809. The Bertz CT molecular complexity index is 671. The second-order valence-electron chi connectivity index (χ2n) is 5.30. The van der Waals surface area contributed by atoms with E-state index in [1.165, 1.54) is 10.4 Å². The number of hydrogen-bond acceptors (Lipinski definition) is 5. The van der Waals surface area contributed by atoms with Crippen LogP contribution in [-0.2, 0) is 10.0 Å². The van der Waals surface area contributed by atoms with Crippen molar-refractivity contribution < 1.29 is 18.4 Å². The summed E-state index contributed by atoms with van der Waals surface area (Å²) in [6.45, 7) is 3.59. The smallest absolute Gasteiger partial charge is 0.273 e. The van der Waals surface area contributed by atoms with Gasteiger partial charge >= 0.3 is 0 Å². The molecule has 0 spiro atoms. The third-order valence-corrected chi connectivity index (χ3v) is 5.65. The molecule has 21 heavy (non-hydrogen) atoms. The molecule has 1 aromatic carbocycles.